The lowest BCUT2D eigenvalue weighted by Crippen LogP contribution is -2.49. The lowest BCUT2D eigenvalue weighted by Gasteiger charge is -2.41. The van der Waals surface area contributed by atoms with Crippen LogP contribution >= 0.6 is 0 Å². The van der Waals surface area contributed by atoms with E-state index in [4.69, 9.17) is 4.74 Å². The summed E-state index contributed by atoms with van der Waals surface area (Å²) in [7, 11) is -0.870. The Morgan fingerprint density at radius 3 is 2.45 bits per heavy atom. The van der Waals surface area contributed by atoms with E-state index in [1.807, 2.05) is 12.1 Å². The number of benzene rings is 3. The third kappa shape index (κ3) is 8.46. The van der Waals surface area contributed by atoms with Gasteiger partial charge in [0.2, 0.25) is 5.91 Å². The average molecular weight is 871 g/mol. The molecule has 16 nitrogen and oxygen atoms in total. The fourth-order valence-electron chi connectivity index (χ4n) is 8.95. The van der Waals surface area contributed by atoms with E-state index in [1.165, 1.54) is 36.5 Å². The number of imide groups is 1. The number of aromatic nitrogens is 4. The molecule has 8 rings (SSSR count). The zero-order valence-corrected chi connectivity index (χ0v) is 35.6. The standard InChI is InChI=1S/C43H48F2N10O6S/c1-4-51(2)62(59,60)50-37-12-10-34(44)40(33(37)24-46)61-29-9-11-36-31(21-29)42(57)54(25-47-36)19-15-26-13-17-53(18-14-26)28-7-5-27(6-8-28)30-23-38-32(22-35(30)45)41(49-52(38)3)55-20-16-39(56)48-43(55)58/h9-12,21-23,25-28,50H,4-8,13-20H2,1-3H3,(H,48,56,58). The number of carbonyl (C=O) groups excluding carboxylic acids is 2. The van der Waals surface area contributed by atoms with Gasteiger partial charge in [0, 0.05) is 51.6 Å². The molecule has 2 saturated heterocycles. The highest BCUT2D eigenvalue weighted by Crippen LogP contribution is 2.40. The first kappa shape index (κ1) is 42.7. The predicted octanol–water partition coefficient (Wildman–Crippen LogP) is 6.11. The summed E-state index contributed by atoms with van der Waals surface area (Å²) in [6, 6.07) is 11.7. The van der Waals surface area contributed by atoms with Crippen molar-refractivity contribution in [3.05, 3.63) is 81.9 Å². The molecule has 326 valence electrons. The number of anilines is 2. The highest BCUT2D eigenvalue weighted by Gasteiger charge is 2.33. The second-order valence-electron chi connectivity index (χ2n) is 16.3. The molecule has 1 aliphatic carbocycles. The minimum Gasteiger partial charge on any atom is -0.453 e. The Kier molecular flexibility index (Phi) is 12.0. The second-order valence-corrected chi connectivity index (χ2v) is 18.1. The number of nitrogens with zero attached hydrogens (tertiary/aromatic N) is 8. The van der Waals surface area contributed by atoms with E-state index >= 15 is 8.78 Å². The Bertz CT molecular complexity index is 2770. The third-order valence-electron chi connectivity index (χ3n) is 12.7. The minimum atomic E-state index is -4.01. The van der Waals surface area contributed by atoms with Crippen LogP contribution in [0.25, 0.3) is 21.8 Å². The SMILES string of the molecule is CCN(C)S(=O)(=O)Nc1ccc(F)c(Oc2ccc3ncn(CCC4CCN(C5CCC(c6cc7c(cc6F)c(N6CCC(=O)NC6=O)nn7C)CC5)CC4)c(=O)c3c2)c1C#N. The first-order chi connectivity index (χ1) is 29.7. The second kappa shape index (κ2) is 17.4. The van der Waals surface area contributed by atoms with Gasteiger partial charge in [-0.15, -0.1) is 0 Å². The molecule has 3 amide bonds. The number of fused-ring (bicyclic) bond motifs is 2. The summed E-state index contributed by atoms with van der Waals surface area (Å²) in [6.45, 7) is 4.35. The summed E-state index contributed by atoms with van der Waals surface area (Å²) < 4.78 is 68.5. The van der Waals surface area contributed by atoms with Crippen molar-refractivity contribution in [3.63, 3.8) is 0 Å². The van der Waals surface area contributed by atoms with Crippen molar-refractivity contribution in [1.29, 1.82) is 5.26 Å². The Balaban J connectivity index is 0.863. The Morgan fingerprint density at radius 2 is 1.74 bits per heavy atom. The van der Waals surface area contributed by atoms with E-state index in [2.05, 4.69) is 25.0 Å². The lowest BCUT2D eigenvalue weighted by molar-refractivity contribution is -0.120. The first-order valence-corrected chi connectivity index (χ1v) is 22.3. The number of piperidine rings is 1. The molecule has 4 heterocycles. The minimum absolute atomic E-state index is 0.0719. The van der Waals surface area contributed by atoms with Crippen LogP contribution in [0.4, 0.5) is 25.1 Å². The van der Waals surface area contributed by atoms with Crippen molar-refractivity contribution in [2.75, 3.05) is 42.8 Å². The monoisotopic (exact) mass is 870 g/mol. The Hall–Kier alpha value is -5.97. The smallest absolute Gasteiger partial charge is 0.329 e. The number of amides is 3. The van der Waals surface area contributed by atoms with Gasteiger partial charge in [-0.05, 0) is 118 Å². The van der Waals surface area contributed by atoms with Gasteiger partial charge in [0.15, 0.2) is 17.4 Å². The van der Waals surface area contributed by atoms with Crippen LogP contribution in [0.1, 0.15) is 75.3 Å². The normalized spacial score (nSPS) is 19.3. The van der Waals surface area contributed by atoms with Gasteiger partial charge in [-0.25, -0.2) is 18.6 Å². The summed E-state index contributed by atoms with van der Waals surface area (Å²) in [6.07, 6.45) is 8.08. The van der Waals surface area contributed by atoms with Gasteiger partial charge in [-0.3, -0.25) is 33.8 Å². The van der Waals surface area contributed by atoms with Gasteiger partial charge >= 0.3 is 16.2 Å². The molecule has 0 spiro atoms. The van der Waals surface area contributed by atoms with E-state index < -0.39 is 27.8 Å². The number of likely N-dealkylation sites (tertiary alicyclic amines) is 1. The number of rotatable bonds is 12. The largest absolute Gasteiger partial charge is 0.453 e. The first-order valence-electron chi connectivity index (χ1n) is 20.9. The van der Waals surface area contributed by atoms with Crippen molar-refractivity contribution >= 4 is 55.5 Å². The number of hydrogen-bond donors (Lipinski definition) is 2. The molecule has 0 unspecified atom stereocenters. The van der Waals surface area contributed by atoms with Crippen LogP contribution in [0.5, 0.6) is 11.5 Å². The molecule has 3 aromatic carbocycles. The van der Waals surface area contributed by atoms with Gasteiger partial charge in [0.25, 0.3) is 5.56 Å². The predicted molar refractivity (Wildman–Crippen MR) is 228 cm³/mol. The molecule has 1 saturated carbocycles. The molecule has 2 aliphatic heterocycles. The van der Waals surface area contributed by atoms with E-state index in [0.717, 1.165) is 80.0 Å². The van der Waals surface area contributed by atoms with Crippen LogP contribution in [0.15, 0.2) is 53.6 Å². The number of aryl methyl sites for hydroxylation is 2. The number of carbonyl (C=O) groups is 2. The maximum absolute atomic E-state index is 15.7. The zero-order valence-electron chi connectivity index (χ0n) is 34.7. The summed E-state index contributed by atoms with van der Waals surface area (Å²) in [4.78, 5) is 46.3. The van der Waals surface area contributed by atoms with Crippen LogP contribution < -0.4 is 25.2 Å². The van der Waals surface area contributed by atoms with E-state index in [1.54, 1.807) is 29.3 Å². The van der Waals surface area contributed by atoms with Crippen molar-refractivity contribution in [2.24, 2.45) is 13.0 Å². The van der Waals surface area contributed by atoms with Crippen LogP contribution in [-0.4, -0.2) is 88.2 Å². The molecule has 0 atom stereocenters. The molecule has 3 aliphatic rings. The molecule has 3 fully saturated rings. The quantitative estimate of drug-likeness (QED) is 0.148. The summed E-state index contributed by atoms with van der Waals surface area (Å²) in [5.41, 5.74) is 1.04. The fourth-order valence-corrected chi connectivity index (χ4v) is 9.90. The number of ether oxygens (including phenoxy) is 1. The van der Waals surface area contributed by atoms with Gasteiger partial charge < -0.3 is 9.64 Å². The van der Waals surface area contributed by atoms with Crippen molar-refractivity contribution < 1.29 is 31.5 Å². The Labute approximate surface area is 357 Å². The van der Waals surface area contributed by atoms with E-state index in [9.17, 15) is 28.1 Å². The molecule has 0 bridgehead atoms. The number of nitriles is 1. The van der Waals surface area contributed by atoms with E-state index in [0.29, 0.717) is 40.8 Å². The van der Waals surface area contributed by atoms with Gasteiger partial charge in [-0.1, -0.05) is 6.92 Å². The van der Waals surface area contributed by atoms with Crippen molar-refractivity contribution in [2.45, 2.75) is 76.8 Å². The molecular formula is C43H48F2N10O6S. The average Bonchev–Trinajstić information content (AvgIpc) is 3.58. The highest BCUT2D eigenvalue weighted by molar-refractivity contribution is 7.90. The summed E-state index contributed by atoms with van der Waals surface area (Å²) in [5.74, 6) is -1.11. The van der Waals surface area contributed by atoms with Crippen molar-refractivity contribution in [1.82, 2.24) is 33.9 Å². The van der Waals surface area contributed by atoms with E-state index in [-0.39, 0.29) is 65.1 Å². The van der Waals surface area contributed by atoms with Gasteiger partial charge in [0.05, 0.1) is 28.4 Å². The van der Waals surface area contributed by atoms with Crippen LogP contribution in [0.2, 0.25) is 0 Å². The van der Waals surface area contributed by atoms with Crippen LogP contribution in [0.3, 0.4) is 0 Å². The molecule has 5 aromatic rings. The van der Waals surface area contributed by atoms with Gasteiger partial charge in [-0.2, -0.15) is 23.1 Å². The highest BCUT2D eigenvalue weighted by atomic mass is 32.2. The molecule has 2 N–H and O–H groups in total. The van der Waals surface area contributed by atoms with Crippen molar-refractivity contribution in [3.8, 4) is 17.6 Å². The molecular weight excluding hydrogens is 823 g/mol. The lowest BCUT2D eigenvalue weighted by atomic mass is 9.80. The molecule has 62 heavy (non-hydrogen) atoms. The number of halogens is 2. The summed E-state index contributed by atoms with van der Waals surface area (Å²) >= 11 is 0. The number of nitrogens with one attached hydrogen (secondary N) is 2. The summed E-state index contributed by atoms with van der Waals surface area (Å²) in [5, 5.41) is 17.5. The number of urea groups is 1. The van der Waals surface area contributed by atoms with Gasteiger partial charge in [0.1, 0.15) is 23.2 Å². The maximum atomic E-state index is 15.7. The van der Waals surface area contributed by atoms with Crippen LogP contribution in [-0.2, 0) is 28.6 Å². The van der Waals surface area contributed by atoms with Crippen LogP contribution in [0, 0.1) is 28.9 Å². The fraction of sp³-hybridized carbons (Fsp3) is 0.442. The maximum Gasteiger partial charge on any atom is 0.329 e. The molecule has 2 aromatic heterocycles. The Morgan fingerprint density at radius 1 is 0.984 bits per heavy atom. The molecule has 0 radical (unpaired) electrons. The topological polar surface area (TPSA) is 188 Å². The molecule has 19 heteroatoms. The third-order valence-corrected chi connectivity index (χ3v) is 14.2. The zero-order chi connectivity index (χ0) is 43.9. The number of hydrogen-bond acceptors (Lipinski definition) is 10.